The fraction of sp³-hybridized carbons (Fsp3) is 0.429. The standard InChI is InChI=1S/C14H24N2.C14H20N2/c1-5-11(3)15-13-8-7-9-14(10-13)16-12(4)6-2;1-3-5-11-15-13-7-9-14(10-8-13)16-12-6-4-2/h7-12,15-16H,5-6H2,1-4H3;3-10,15-16H,11-12H2,1-2H3. The second-order valence-electron chi connectivity index (χ2n) is 7.97. The number of anilines is 4. The zero-order chi connectivity index (χ0) is 23.6. The maximum atomic E-state index is 3.48. The predicted molar refractivity (Wildman–Crippen MR) is 146 cm³/mol. The van der Waals surface area contributed by atoms with Gasteiger partial charge in [-0.1, -0.05) is 44.2 Å². The highest BCUT2D eigenvalue weighted by Crippen LogP contribution is 2.17. The molecule has 4 nitrogen and oxygen atoms in total. The summed E-state index contributed by atoms with van der Waals surface area (Å²) in [5.74, 6) is 0. The van der Waals surface area contributed by atoms with E-state index in [0.717, 1.165) is 37.3 Å². The van der Waals surface area contributed by atoms with Crippen LogP contribution in [0.2, 0.25) is 0 Å². The molecule has 0 aromatic heterocycles. The summed E-state index contributed by atoms with van der Waals surface area (Å²) in [7, 11) is 0. The smallest absolute Gasteiger partial charge is 0.0362 e. The molecule has 0 amide bonds. The topological polar surface area (TPSA) is 48.1 Å². The van der Waals surface area contributed by atoms with Gasteiger partial charge in [-0.05, 0) is 83.0 Å². The Bertz CT molecular complexity index is 718. The molecule has 0 radical (unpaired) electrons. The van der Waals surface area contributed by atoms with E-state index in [1.165, 1.54) is 11.4 Å². The van der Waals surface area contributed by atoms with E-state index in [9.17, 15) is 0 Å². The second-order valence-corrected chi connectivity index (χ2v) is 7.97. The quantitative estimate of drug-likeness (QED) is 0.257. The van der Waals surface area contributed by atoms with Gasteiger partial charge in [-0.25, -0.2) is 0 Å². The van der Waals surface area contributed by atoms with E-state index < -0.39 is 0 Å². The number of benzene rings is 2. The van der Waals surface area contributed by atoms with Crippen LogP contribution in [0.25, 0.3) is 0 Å². The first-order valence-electron chi connectivity index (χ1n) is 12.0. The number of allylic oxidation sites excluding steroid dienone is 2. The van der Waals surface area contributed by atoms with Gasteiger partial charge < -0.3 is 21.3 Å². The molecule has 0 heterocycles. The average Bonchev–Trinajstić information content (AvgIpc) is 2.81. The van der Waals surface area contributed by atoms with E-state index >= 15 is 0 Å². The van der Waals surface area contributed by atoms with Crippen molar-refractivity contribution in [3.8, 4) is 0 Å². The first-order valence-corrected chi connectivity index (χ1v) is 12.0. The molecule has 4 heteroatoms. The Morgan fingerprint density at radius 2 is 1.06 bits per heavy atom. The summed E-state index contributed by atoms with van der Waals surface area (Å²) in [6.07, 6.45) is 10.6. The van der Waals surface area contributed by atoms with Crippen molar-refractivity contribution in [1.29, 1.82) is 0 Å². The van der Waals surface area contributed by atoms with Crippen molar-refractivity contribution in [2.45, 2.75) is 66.5 Å². The van der Waals surface area contributed by atoms with Crippen molar-refractivity contribution in [3.05, 3.63) is 72.8 Å². The van der Waals surface area contributed by atoms with E-state index in [1.54, 1.807) is 0 Å². The largest absolute Gasteiger partial charge is 0.383 e. The molecule has 4 N–H and O–H groups in total. The Hall–Kier alpha value is -2.88. The van der Waals surface area contributed by atoms with Crippen LogP contribution in [0.3, 0.4) is 0 Å². The summed E-state index contributed by atoms with van der Waals surface area (Å²) < 4.78 is 0. The van der Waals surface area contributed by atoms with E-state index in [4.69, 9.17) is 0 Å². The molecule has 2 aromatic rings. The molecule has 2 aromatic carbocycles. The van der Waals surface area contributed by atoms with E-state index in [1.807, 2.05) is 26.0 Å². The molecule has 0 spiro atoms. The van der Waals surface area contributed by atoms with Gasteiger partial charge in [0.15, 0.2) is 0 Å². The Labute approximate surface area is 196 Å². The van der Waals surface area contributed by atoms with Gasteiger partial charge in [0.1, 0.15) is 0 Å². The summed E-state index contributed by atoms with van der Waals surface area (Å²) in [4.78, 5) is 0. The lowest BCUT2D eigenvalue weighted by Gasteiger charge is -2.16. The van der Waals surface area contributed by atoms with Gasteiger partial charge in [0.25, 0.3) is 0 Å². The normalized spacial score (nSPS) is 12.7. The van der Waals surface area contributed by atoms with Crippen LogP contribution in [-0.4, -0.2) is 25.2 Å². The lowest BCUT2D eigenvalue weighted by atomic mass is 10.2. The average molecular weight is 437 g/mol. The Balaban J connectivity index is 0.000000320. The van der Waals surface area contributed by atoms with Crippen LogP contribution in [0, 0.1) is 0 Å². The van der Waals surface area contributed by atoms with Crippen molar-refractivity contribution in [3.63, 3.8) is 0 Å². The van der Waals surface area contributed by atoms with Crippen LogP contribution in [0.1, 0.15) is 54.4 Å². The highest BCUT2D eigenvalue weighted by Gasteiger charge is 2.02. The third kappa shape index (κ3) is 12.1. The minimum Gasteiger partial charge on any atom is -0.383 e. The Kier molecular flexibility index (Phi) is 14.2. The monoisotopic (exact) mass is 436 g/mol. The van der Waals surface area contributed by atoms with Gasteiger partial charge in [-0.3, -0.25) is 0 Å². The molecule has 0 fully saturated rings. The maximum absolute atomic E-state index is 3.48. The Morgan fingerprint density at radius 1 is 0.656 bits per heavy atom. The minimum atomic E-state index is 0.527. The molecule has 32 heavy (non-hydrogen) atoms. The van der Waals surface area contributed by atoms with Crippen molar-refractivity contribution in [2.24, 2.45) is 0 Å². The Morgan fingerprint density at radius 3 is 1.41 bits per heavy atom. The fourth-order valence-electron chi connectivity index (χ4n) is 2.77. The van der Waals surface area contributed by atoms with Crippen molar-refractivity contribution >= 4 is 22.7 Å². The second kappa shape index (κ2) is 16.8. The van der Waals surface area contributed by atoms with Crippen LogP contribution < -0.4 is 21.3 Å². The number of nitrogens with one attached hydrogen (secondary N) is 4. The maximum Gasteiger partial charge on any atom is 0.0362 e. The van der Waals surface area contributed by atoms with Crippen LogP contribution in [0.15, 0.2) is 72.8 Å². The highest BCUT2D eigenvalue weighted by atomic mass is 14.9. The van der Waals surface area contributed by atoms with Gasteiger partial charge in [0.2, 0.25) is 0 Å². The van der Waals surface area contributed by atoms with Crippen LogP contribution in [-0.2, 0) is 0 Å². The van der Waals surface area contributed by atoms with E-state index in [-0.39, 0.29) is 0 Å². The molecule has 0 saturated carbocycles. The molecule has 2 atom stereocenters. The summed E-state index contributed by atoms with van der Waals surface area (Å²) in [6.45, 7) is 14.6. The summed E-state index contributed by atoms with van der Waals surface area (Å²) in [6, 6.07) is 17.9. The van der Waals surface area contributed by atoms with Crippen molar-refractivity contribution < 1.29 is 0 Å². The van der Waals surface area contributed by atoms with Gasteiger partial charge in [0.05, 0.1) is 0 Å². The zero-order valence-corrected chi connectivity index (χ0v) is 20.9. The third-order valence-electron chi connectivity index (χ3n) is 5.12. The van der Waals surface area contributed by atoms with Gasteiger partial charge in [0, 0.05) is 47.9 Å². The van der Waals surface area contributed by atoms with Gasteiger partial charge in [-0.15, -0.1) is 0 Å². The molecule has 0 aliphatic rings. The summed E-state index contributed by atoms with van der Waals surface area (Å²) in [5.41, 5.74) is 4.69. The van der Waals surface area contributed by atoms with E-state index in [2.05, 4.69) is 110 Å². The minimum absolute atomic E-state index is 0.527. The molecule has 0 aliphatic carbocycles. The molecular weight excluding hydrogens is 392 g/mol. The predicted octanol–water partition coefficient (Wildman–Crippen LogP) is 7.77. The lowest BCUT2D eigenvalue weighted by Crippen LogP contribution is -2.15. The number of hydrogen-bond donors (Lipinski definition) is 4. The molecule has 2 unspecified atom stereocenters. The molecular formula is C28H44N4. The zero-order valence-electron chi connectivity index (χ0n) is 20.9. The molecule has 0 bridgehead atoms. The lowest BCUT2D eigenvalue weighted by molar-refractivity contribution is 0.760. The van der Waals surface area contributed by atoms with Crippen LogP contribution >= 0.6 is 0 Å². The molecule has 0 saturated heterocycles. The molecule has 176 valence electrons. The number of hydrogen-bond acceptors (Lipinski definition) is 4. The first kappa shape index (κ1) is 27.2. The van der Waals surface area contributed by atoms with E-state index in [0.29, 0.717) is 12.1 Å². The third-order valence-corrected chi connectivity index (χ3v) is 5.12. The highest BCUT2D eigenvalue weighted by molar-refractivity contribution is 5.57. The van der Waals surface area contributed by atoms with Gasteiger partial charge >= 0.3 is 0 Å². The van der Waals surface area contributed by atoms with Gasteiger partial charge in [-0.2, -0.15) is 0 Å². The molecule has 0 aliphatic heterocycles. The molecule has 2 rings (SSSR count). The first-order chi connectivity index (χ1) is 15.5. The van der Waals surface area contributed by atoms with Crippen LogP contribution in [0.5, 0.6) is 0 Å². The summed E-state index contributed by atoms with van der Waals surface area (Å²) >= 11 is 0. The number of rotatable bonds is 12. The van der Waals surface area contributed by atoms with Crippen molar-refractivity contribution in [2.75, 3.05) is 34.4 Å². The SMILES string of the molecule is CC=CCNc1ccc(NCC=CC)cc1.CCC(C)Nc1cccc(NC(C)CC)c1. The summed E-state index contributed by atoms with van der Waals surface area (Å²) in [5, 5.41) is 13.6. The fourth-order valence-corrected chi connectivity index (χ4v) is 2.77. The van der Waals surface area contributed by atoms with Crippen LogP contribution in [0.4, 0.5) is 22.7 Å². The van der Waals surface area contributed by atoms with Crippen molar-refractivity contribution in [1.82, 2.24) is 0 Å².